The van der Waals surface area contributed by atoms with Crippen molar-refractivity contribution >= 4 is 0 Å². The molecule has 0 aliphatic rings. The molecular weight excluding hydrogens is 242 g/mol. The summed E-state index contributed by atoms with van der Waals surface area (Å²) in [6.45, 7) is 1.21. The summed E-state index contributed by atoms with van der Waals surface area (Å²) in [4.78, 5) is 2.02. The second-order valence-corrected chi connectivity index (χ2v) is 4.57. The molecule has 2 aromatic rings. The van der Waals surface area contributed by atoms with Gasteiger partial charge in [-0.25, -0.2) is 0 Å². The van der Waals surface area contributed by atoms with E-state index in [9.17, 15) is 5.11 Å². The highest BCUT2D eigenvalue weighted by Crippen LogP contribution is 2.20. The molecule has 0 amide bonds. The van der Waals surface area contributed by atoms with Gasteiger partial charge in [-0.3, -0.25) is 4.90 Å². The number of benzene rings is 1. The minimum Gasteiger partial charge on any atom is -0.497 e. The first-order valence-corrected chi connectivity index (χ1v) is 6.22. The number of furan rings is 1. The van der Waals surface area contributed by atoms with E-state index in [0.717, 1.165) is 17.1 Å². The summed E-state index contributed by atoms with van der Waals surface area (Å²) >= 11 is 0. The first-order chi connectivity index (χ1) is 9.19. The maximum atomic E-state index is 10.2. The maximum Gasteiger partial charge on any atom is 0.119 e. The van der Waals surface area contributed by atoms with E-state index in [-0.39, 0.29) is 0 Å². The molecule has 1 N–H and O–H groups in total. The quantitative estimate of drug-likeness (QED) is 0.867. The molecule has 0 fully saturated rings. The Bertz CT molecular complexity index is 496. The van der Waals surface area contributed by atoms with Gasteiger partial charge in [0.25, 0.3) is 0 Å². The van der Waals surface area contributed by atoms with E-state index in [1.54, 1.807) is 13.4 Å². The van der Waals surface area contributed by atoms with Gasteiger partial charge in [-0.15, -0.1) is 0 Å². The van der Waals surface area contributed by atoms with Crippen LogP contribution in [0.2, 0.25) is 0 Å². The molecule has 1 unspecified atom stereocenters. The highest BCUT2D eigenvalue weighted by molar-refractivity contribution is 5.29. The lowest BCUT2D eigenvalue weighted by molar-refractivity contribution is 0.120. The Morgan fingerprint density at radius 3 is 2.84 bits per heavy atom. The van der Waals surface area contributed by atoms with Crippen LogP contribution < -0.4 is 4.74 Å². The van der Waals surface area contributed by atoms with Crippen LogP contribution in [0.15, 0.2) is 47.1 Å². The van der Waals surface area contributed by atoms with E-state index in [0.29, 0.717) is 13.1 Å². The van der Waals surface area contributed by atoms with E-state index in [1.165, 1.54) is 0 Å². The van der Waals surface area contributed by atoms with Crippen molar-refractivity contribution in [3.63, 3.8) is 0 Å². The smallest absolute Gasteiger partial charge is 0.119 e. The standard InChI is InChI=1S/C15H19NO3/c1-16(10-14-7-4-8-19-14)11-15(17)12-5-3-6-13(9-12)18-2/h3-9,15,17H,10-11H2,1-2H3. The molecule has 0 bridgehead atoms. The van der Waals surface area contributed by atoms with Crippen molar-refractivity contribution < 1.29 is 14.3 Å². The summed E-state index contributed by atoms with van der Waals surface area (Å²) in [5.74, 6) is 1.64. The van der Waals surface area contributed by atoms with Crippen molar-refractivity contribution in [1.29, 1.82) is 0 Å². The lowest BCUT2D eigenvalue weighted by Gasteiger charge is -2.20. The number of likely N-dealkylation sites (N-methyl/N-ethyl adjacent to an activating group) is 1. The third-order valence-electron chi connectivity index (χ3n) is 2.97. The largest absolute Gasteiger partial charge is 0.497 e. The highest BCUT2D eigenvalue weighted by Gasteiger charge is 2.12. The van der Waals surface area contributed by atoms with Crippen molar-refractivity contribution in [2.45, 2.75) is 12.6 Å². The Labute approximate surface area is 113 Å². The normalized spacial score (nSPS) is 12.6. The first kappa shape index (κ1) is 13.6. The van der Waals surface area contributed by atoms with Crippen LogP contribution in [0.3, 0.4) is 0 Å². The zero-order valence-corrected chi connectivity index (χ0v) is 11.2. The molecule has 0 aliphatic carbocycles. The van der Waals surface area contributed by atoms with E-state index in [2.05, 4.69) is 0 Å². The van der Waals surface area contributed by atoms with Crippen molar-refractivity contribution in [2.24, 2.45) is 0 Å². The average Bonchev–Trinajstić information content (AvgIpc) is 2.91. The van der Waals surface area contributed by atoms with Crippen LogP contribution in [-0.2, 0) is 6.54 Å². The number of nitrogens with zero attached hydrogens (tertiary/aromatic N) is 1. The number of hydrogen-bond donors (Lipinski definition) is 1. The van der Waals surface area contributed by atoms with Crippen molar-refractivity contribution in [2.75, 3.05) is 20.7 Å². The molecule has 1 aromatic heterocycles. The van der Waals surface area contributed by atoms with Gasteiger partial charge in [-0.1, -0.05) is 12.1 Å². The Kier molecular flexibility index (Phi) is 4.60. The van der Waals surface area contributed by atoms with Gasteiger partial charge in [0.1, 0.15) is 11.5 Å². The monoisotopic (exact) mass is 261 g/mol. The van der Waals surface area contributed by atoms with Gasteiger partial charge in [0, 0.05) is 6.54 Å². The zero-order valence-electron chi connectivity index (χ0n) is 11.2. The average molecular weight is 261 g/mol. The number of methoxy groups -OCH3 is 1. The van der Waals surface area contributed by atoms with E-state index < -0.39 is 6.10 Å². The van der Waals surface area contributed by atoms with E-state index in [1.807, 2.05) is 48.3 Å². The molecule has 19 heavy (non-hydrogen) atoms. The van der Waals surface area contributed by atoms with Crippen molar-refractivity contribution in [3.8, 4) is 5.75 Å². The summed E-state index contributed by atoms with van der Waals surface area (Å²) in [6.07, 6.45) is 1.11. The molecule has 1 atom stereocenters. The fourth-order valence-electron chi connectivity index (χ4n) is 1.98. The molecule has 1 heterocycles. The maximum absolute atomic E-state index is 10.2. The molecule has 2 rings (SSSR count). The Balaban J connectivity index is 1.94. The van der Waals surface area contributed by atoms with Gasteiger partial charge < -0.3 is 14.3 Å². The summed E-state index contributed by atoms with van der Waals surface area (Å²) in [5.41, 5.74) is 0.852. The van der Waals surface area contributed by atoms with Crippen LogP contribution in [0.5, 0.6) is 5.75 Å². The molecule has 1 aromatic carbocycles. The van der Waals surface area contributed by atoms with Crippen molar-refractivity contribution in [1.82, 2.24) is 4.90 Å². The Morgan fingerprint density at radius 2 is 2.16 bits per heavy atom. The van der Waals surface area contributed by atoms with E-state index in [4.69, 9.17) is 9.15 Å². The second-order valence-electron chi connectivity index (χ2n) is 4.57. The number of rotatable bonds is 6. The van der Waals surface area contributed by atoms with Crippen LogP contribution in [0.25, 0.3) is 0 Å². The van der Waals surface area contributed by atoms with Crippen LogP contribution in [0.1, 0.15) is 17.4 Å². The molecule has 4 nitrogen and oxygen atoms in total. The number of hydrogen-bond acceptors (Lipinski definition) is 4. The Morgan fingerprint density at radius 1 is 1.32 bits per heavy atom. The molecular formula is C15H19NO3. The third kappa shape index (κ3) is 3.84. The molecule has 0 spiro atoms. The SMILES string of the molecule is COc1cccc(C(O)CN(C)Cc2ccco2)c1. The summed E-state index contributed by atoms with van der Waals surface area (Å²) in [6, 6.07) is 11.3. The number of aliphatic hydroxyl groups is 1. The Hall–Kier alpha value is -1.78. The molecule has 0 aliphatic heterocycles. The van der Waals surface area contributed by atoms with Crippen molar-refractivity contribution in [3.05, 3.63) is 54.0 Å². The van der Waals surface area contributed by atoms with Crippen LogP contribution >= 0.6 is 0 Å². The second kappa shape index (κ2) is 6.41. The molecule has 102 valence electrons. The molecule has 0 saturated heterocycles. The minimum atomic E-state index is -0.546. The van der Waals surface area contributed by atoms with E-state index >= 15 is 0 Å². The fourth-order valence-corrected chi connectivity index (χ4v) is 1.98. The van der Waals surface area contributed by atoms with Gasteiger partial charge in [0.2, 0.25) is 0 Å². The minimum absolute atomic E-state index is 0.536. The molecule has 0 radical (unpaired) electrons. The summed E-state index contributed by atoms with van der Waals surface area (Å²) in [7, 11) is 3.57. The first-order valence-electron chi connectivity index (χ1n) is 6.22. The predicted molar refractivity (Wildman–Crippen MR) is 73.0 cm³/mol. The summed E-state index contributed by atoms with van der Waals surface area (Å²) < 4.78 is 10.4. The van der Waals surface area contributed by atoms with Crippen LogP contribution in [-0.4, -0.2) is 30.7 Å². The fraction of sp³-hybridized carbons (Fsp3) is 0.333. The highest BCUT2D eigenvalue weighted by atomic mass is 16.5. The lowest BCUT2D eigenvalue weighted by Crippen LogP contribution is -2.24. The summed E-state index contributed by atoms with van der Waals surface area (Å²) in [5, 5.41) is 10.2. The van der Waals surface area contributed by atoms with Crippen LogP contribution in [0, 0.1) is 0 Å². The van der Waals surface area contributed by atoms with Gasteiger partial charge >= 0.3 is 0 Å². The van der Waals surface area contributed by atoms with Crippen LogP contribution in [0.4, 0.5) is 0 Å². The molecule has 4 heteroatoms. The zero-order chi connectivity index (χ0) is 13.7. The number of aliphatic hydroxyl groups excluding tert-OH is 1. The topological polar surface area (TPSA) is 45.8 Å². The third-order valence-corrected chi connectivity index (χ3v) is 2.97. The number of ether oxygens (including phenoxy) is 1. The van der Waals surface area contributed by atoms with Gasteiger partial charge in [-0.2, -0.15) is 0 Å². The molecule has 0 saturated carbocycles. The van der Waals surface area contributed by atoms with Gasteiger partial charge in [0.05, 0.1) is 26.0 Å². The van der Waals surface area contributed by atoms with Gasteiger partial charge in [0.15, 0.2) is 0 Å². The van der Waals surface area contributed by atoms with Gasteiger partial charge in [-0.05, 0) is 36.9 Å². The lowest BCUT2D eigenvalue weighted by atomic mass is 10.1. The predicted octanol–water partition coefficient (Wildman–Crippen LogP) is 2.45.